The molecule has 0 saturated heterocycles. The van der Waals surface area contributed by atoms with Gasteiger partial charge in [-0.25, -0.2) is 4.98 Å². The molecule has 1 amide bonds. The molecule has 20 heavy (non-hydrogen) atoms. The summed E-state index contributed by atoms with van der Waals surface area (Å²) >= 11 is 0. The Morgan fingerprint density at radius 2 is 2.10 bits per heavy atom. The number of aromatic nitrogens is 1. The fourth-order valence-corrected chi connectivity index (χ4v) is 2.71. The van der Waals surface area contributed by atoms with E-state index in [4.69, 9.17) is 9.52 Å². The molecule has 0 radical (unpaired) electrons. The number of carboxylic acid groups (broad SMARTS) is 1. The van der Waals surface area contributed by atoms with Gasteiger partial charge in [0.05, 0.1) is 12.1 Å². The average molecular weight is 278 g/mol. The number of aliphatic carboxylic acids is 1. The number of carboxylic acids is 1. The van der Waals surface area contributed by atoms with Crippen LogP contribution < -0.4 is 5.32 Å². The van der Waals surface area contributed by atoms with Gasteiger partial charge in [-0.15, -0.1) is 0 Å². The maximum absolute atomic E-state index is 12.1. The van der Waals surface area contributed by atoms with Crippen LogP contribution in [0.25, 0.3) is 0 Å². The zero-order valence-electron chi connectivity index (χ0n) is 11.2. The number of hydrogen-bond donors (Lipinski definition) is 2. The quantitative estimate of drug-likeness (QED) is 0.877. The Kier molecular flexibility index (Phi) is 3.46. The van der Waals surface area contributed by atoms with Gasteiger partial charge in [-0.1, -0.05) is 6.42 Å². The Morgan fingerprint density at radius 3 is 2.80 bits per heavy atom. The summed E-state index contributed by atoms with van der Waals surface area (Å²) < 4.78 is 5.45. The summed E-state index contributed by atoms with van der Waals surface area (Å²) in [5.74, 6) is -0.181. The van der Waals surface area contributed by atoms with Gasteiger partial charge in [0.25, 0.3) is 5.91 Å². The molecule has 0 aliphatic heterocycles. The number of rotatable bonds is 4. The van der Waals surface area contributed by atoms with E-state index in [1.165, 1.54) is 6.20 Å². The number of nitrogens with zero attached hydrogens (tertiary/aromatic N) is 1. The molecule has 2 N–H and O–H groups in total. The predicted octanol–water partition coefficient (Wildman–Crippen LogP) is 1.93. The highest BCUT2D eigenvalue weighted by atomic mass is 16.4. The molecule has 2 atom stereocenters. The van der Waals surface area contributed by atoms with Gasteiger partial charge in [0, 0.05) is 12.0 Å². The average Bonchev–Trinajstić information content (AvgIpc) is 3.16. The zero-order chi connectivity index (χ0) is 14.1. The van der Waals surface area contributed by atoms with Gasteiger partial charge < -0.3 is 14.8 Å². The van der Waals surface area contributed by atoms with E-state index in [1.807, 2.05) is 0 Å². The van der Waals surface area contributed by atoms with Gasteiger partial charge in [0.15, 0.2) is 5.89 Å². The molecule has 0 aromatic carbocycles. The van der Waals surface area contributed by atoms with Crippen LogP contribution in [0.5, 0.6) is 0 Å². The SMILES string of the molecule is O=C(N[C@@H]1CCC[C@H](C(=O)O)C1)c1cnc(C2CC2)o1. The van der Waals surface area contributed by atoms with E-state index in [1.54, 1.807) is 0 Å². The third-order valence-corrected chi connectivity index (χ3v) is 4.03. The van der Waals surface area contributed by atoms with E-state index < -0.39 is 5.97 Å². The van der Waals surface area contributed by atoms with Gasteiger partial charge in [-0.3, -0.25) is 9.59 Å². The van der Waals surface area contributed by atoms with Crippen LogP contribution in [0, 0.1) is 5.92 Å². The van der Waals surface area contributed by atoms with Crippen LogP contribution in [-0.2, 0) is 4.79 Å². The minimum absolute atomic E-state index is 0.0909. The van der Waals surface area contributed by atoms with Crippen molar-refractivity contribution in [3.63, 3.8) is 0 Å². The molecule has 1 heterocycles. The zero-order valence-corrected chi connectivity index (χ0v) is 11.2. The lowest BCUT2D eigenvalue weighted by Gasteiger charge is -2.26. The highest BCUT2D eigenvalue weighted by molar-refractivity contribution is 5.91. The molecule has 0 bridgehead atoms. The molecule has 6 heteroatoms. The molecule has 6 nitrogen and oxygen atoms in total. The van der Waals surface area contributed by atoms with E-state index >= 15 is 0 Å². The van der Waals surface area contributed by atoms with E-state index in [9.17, 15) is 9.59 Å². The summed E-state index contributed by atoms with van der Waals surface area (Å²) in [5.41, 5.74) is 0. The number of hydrogen-bond acceptors (Lipinski definition) is 4. The highest BCUT2D eigenvalue weighted by Crippen LogP contribution is 2.39. The predicted molar refractivity (Wildman–Crippen MR) is 69.3 cm³/mol. The van der Waals surface area contributed by atoms with Gasteiger partial charge in [-0.2, -0.15) is 0 Å². The molecule has 1 aromatic rings. The maximum atomic E-state index is 12.1. The van der Waals surface area contributed by atoms with Crippen molar-refractivity contribution in [1.82, 2.24) is 10.3 Å². The summed E-state index contributed by atoms with van der Waals surface area (Å²) in [7, 11) is 0. The summed E-state index contributed by atoms with van der Waals surface area (Å²) in [6, 6.07) is -0.0909. The second kappa shape index (κ2) is 5.26. The van der Waals surface area contributed by atoms with E-state index in [0.717, 1.165) is 25.7 Å². The third-order valence-electron chi connectivity index (χ3n) is 4.03. The van der Waals surface area contributed by atoms with Crippen LogP contribution in [-0.4, -0.2) is 28.0 Å². The number of amides is 1. The molecule has 0 unspecified atom stereocenters. The van der Waals surface area contributed by atoms with Gasteiger partial charge in [-0.05, 0) is 32.1 Å². The lowest BCUT2D eigenvalue weighted by atomic mass is 9.86. The minimum atomic E-state index is -0.778. The van der Waals surface area contributed by atoms with Crippen LogP contribution in [0.2, 0.25) is 0 Å². The lowest BCUT2D eigenvalue weighted by molar-refractivity contribution is -0.143. The second-order valence-electron chi connectivity index (χ2n) is 5.71. The van der Waals surface area contributed by atoms with Gasteiger partial charge in [0.2, 0.25) is 5.76 Å². The summed E-state index contributed by atoms with van der Waals surface area (Å²) in [4.78, 5) is 27.2. The standard InChI is InChI=1S/C14H18N2O4/c17-12(11-7-15-13(20-11)8-4-5-8)16-10-3-1-2-9(6-10)14(18)19/h7-10H,1-6H2,(H,16,17)(H,18,19)/t9-,10+/m0/s1. The second-order valence-corrected chi connectivity index (χ2v) is 5.71. The van der Waals surface area contributed by atoms with Crippen LogP contribution >= 0.6 is 0 Å². The number of nitrogens with one attached hydrogen (secondary N) is 1. The van der Waals surface area contributed by atoms with E-state index in [2.05, 4.69) is 10.3 Å². The molecule has 108 valence electrons. The monoisotopic (exact) mass is 278 g/mol. The Morgan fingerprint density at radius 1 is 1.30 bits per heavy atom. The molecular weight excluding hydrogens is 260 g/mol. The fraction of sp³-hybridized carbons (Fsp3) is 0.643. The van der Waals surface area contributed by atoms with Crippen molar-refractivity contribution in [3.05, 3.63) is 17.8 Å². The summed E-state index contributed by atoms with van der Waals surface area (Å²) in [6.45, 7) is 0. The van der Waals surface area contributed by atoms with Crippen LogP contribution in [0.1, 0.15) is 60.9 Å². The van der Waals surface area contributed by atoms with Crippen LogP contribution in [0.3, 0.4) is 0 Å². The van der Waals surface area contributed by atoms with Crippen molar-refractivity contribution < 1.29 is 19.1 Å². The number of oxazole rings is 1. The molecule has 2 aliphatic rings. The summed E-state index contributed by atoms with van der Waals surface area (Å²) in [5, 5.41) is 11.9. The van der Waals surface area contributed by atoms with E-state index in [0.29, 0.717) is 24.7 Å². The lowest BCUT2D eigenvalue weighted by Crippen LogP contribution is -2.39. The molecule has 0 spiro atoms. The topological polar surface area (TPSA) is 92.4 Å². The van der Waals surface area contributed by atoms with Crippen LogP contribution in [0.4, 0.5) is 0 Å². The molecule has 3 rings (SSSR count). The Hall–Kier alpha value is -1.85. The highest BCUT2D eigenvalue weighted by Gasteiger charge is 2.31. The van der Waals surface area contributed by atoms with Gasteiger partial charge in [0.1, 0.15) is 0 Å². The Balaban J connectivity index is 1.58. The van der Waals surface area contributed by atoms with Crippen molar-refractivity contribution in [2.24, 2.45) is 5.92 Å². The van der Waals surface area contributed by atoms with Crippen molar-refractivity contribution in [2.45, 2.75) is 50.5 Å². The number of carbonyl (C=O) groups excluding carboxylic acids is 1. The smallest absolute Gasteiger partial charge is 0.306 e. The first kappa shape index (κ1) is 13.1. The first-order valence-corrected chi connectivity index (χ1v) is 7.13. The van der Waals surface area contributed by atoms with Crippen molar-refractivity contribution in [1.29, 1.82) is 0 Å². The third kappa shape index (κ3) is 2.84. The van der Waals surface area contributed by atoms with Crippen molar-refractivity contribution in [2.75, 3.05) is 0 Å². The van der Waals surface area contributed by atoms with Crippen molar-refractivity contribution >= 4 is 11.9 Å². The molecular formula is C14H18N2O4. The maximum Gasteiger partial charge on any atom is 0.306 e. The normalized spacial score (nSPS) is 26.2. The molecule has 2 aliphatic carbocycles. The molecule has 1 aromatic heterocycles. The molecule has 2 saturated carbocycles. The Bertz CT molecular complexity index is 521. The summed E-state index contributed by atoms with van der Waals surface area (Å²) in [6.07, 6.45) is 6.43. The van der Waals surface area contributed by atoms with E-state index in [-0.39, 0.29) is 23.6 Å². The minimum Gasteiger partial charge on any atom is -0.481 e. The Labute approximate surface area is 116 Å². The first-order chi connectivity index (χ1) is 9.63. The molecule has 2 fully saturated rings. The largest absolute Gasteiger partial charge is 0.481 e. The van der Waals surface area contributed by atoms with Crippen molar-refractivity contribution in [3.8, 4) is 0 Å². The van der Waals surface area contributed by atoms with Crippen LogP contribution in [0.15, 0.2) is 10.6 Å². The first-order valence-electron chi connectivity index (χ1n) is 7.13. The van der Waals surface area contributed by atoms with Gasteiger partial charge >= 0.3 is 5.97 Å². The number of carbonyl (C=O) groups is 2. The fourth-order valence-electron chi connectivity index (χ4n) is 2.71.